The molecule has 6 aromatic rings. The number of esters is 2. The van der Waals surface area contributed by atoms with Gasteiger partial charge in [-0.05, 0) is 134 Å². The maximum Gasteiger partial charge on any atom is 0.354 e. The van der Waals surface area contributed by atoms with Crippen LogP contribution >= 0.6 is 0 Å². The van der Waals surface area contributed by atoms with Crippen LogP contribution in [0.4, 0.5) is 11.4 Å². The van der Waals surface area contributed by atoms with Crippen molar-refractivity contribution >= 4 is 35.5 Å². The van der Waals surface area contributed by atoms with E-state index in [1.807, 2.05) is 97.1 Å². The molecule has 0 spiro atoms. The summed E-state index contributed by atoms with van der Waals surface area (Å²) in [4.78, 5) is 31.1. The fraction of sp³-hybridized carbons (Fsp3) is 0.200. The molecule has 0 bridgehead atoms. The van der Waals surface area contributed by atoms with E-state index in [-0.39, 0.29) is 17.1 Å². The van der Waals surface area contributed by atoms with E-state index >= 15 is 0 Å². The number of nitrogens with zero attached hydrogens (tertiary/aromatic N) is 4. The number of ether oxygens (including phenoxy) is 2. The molecule has 0 radical (unpaired) electrons. The predicted molar refractivity (Wildman–Crippen MR) is 251 cm³/mol. The Labute approximate surface area is 370 Å². The third-order valence-corrected chi connectivity index (χ3v) is 12.0. The van der Waals surface area contributed by atoms with E-state index < -0.39 is 17.4 Å². The van der Waals surface area contributed by atoms with Crippen molar-refractivity contribution in [1.29, 1.82) is 10.5 Å². The van der Waals surface area contributed by atoms with Crippen LogP contribution in [-0.4, -0.2) is 38.1 Å². The Morgan fingerprint density at radius 3 is 1.40 bits per heavy atom. The summed E-state index contributed by atoms with van der Waals surface area (Å²) in [6.45, 7) is 11.9. The maximum atomic E-state index is 13.3. The lowest BCUT2D eigenvalue weighted by Gasteiger charge is -2.33. The quantitative estimate of drug-likeness (QED) is 0.0436. The summed E-state index contributed by atoms with van der Waals surface area (Å²) >= 11 is 0. The SMILES string of the molecule is CCN(CC)c1ccc(/C=C(\C#N)C(=O)Oc2ccc(C3(c4ccc(OC(=O)/C(C#N)=C/c5ccc(N(CC)CC)cc5)cc4)CC(c4ccccc4)c4ccccc43)cc2)cc1. The second kappa shape index (κ2) is 19.8. The summed E-state index contributed by atoms with van der Waals surface area (Å²) in [5, 5.41) is 19.9. The number of fused-ring (bicyclic) bond motifs is 1. The Bertz CT molecular complexity index is 2540. The van der Waals surface area contributed by atoms with Crippen molar-refractivity contribution in [2.24, 2.45) is 0 Å². The van der Waals surface area contributed by atoms with Crippen LogP contribution in [0, 0.1) is 22.7 Å². The zero-order valence-electron chi connectivity index (χ0n) is 36.1. The van der Waals surface area contributed by atoms with Gasteiger partial charge >= 0.3 is 11.9 Å². The van der Waals surface area contributed by atoms with Crippen LogP contribution < -0.4 is 19.3 Å². The minimum Gasteiger partial charge on any atom is -0.422 e. The number of carbonyl (C=O) groups is 2. The molecule has 1 atom stereocenters. The third-order valence-electron chi connectivity index (χ3n) is 12.0. The van der Waals surface area contributed by atoms with E-state index in [4.69, 9.17) is 9.47 Å². The molecule has 1 aliphatic rings. The van der Waals surface area contributed by atoms with E-state index in [1.165, 1.54) is 11.1 Å². The highest BCUT2D eigenvalue weighted by molar-refractivity contribution is 6.00. The highest BCUT2D eigenvalue weighted by Crippen LogP contribution is 2.56. The molecular weight excluding hydrogens is 781 g/mol. The first-order chi connectivity index (χ1) is 30.7. The van der Waals surface area contributed by atoms with Gasteiger partial charge in [-0.3, -0.25) is 0 Å². The van der Waals surface area contributed by atoms with Gasteiger partial charge in [0.25, 0.3) is 0 Å². The van der Waals surface area contributed by atoms with Crippen LogP contribution in [0.5, 0.6) is 11.5 Å². The molecule has 7 rings (SSSR count). The molecule has 8 heteroatoms. The normalized spacial score (nSPS) is 15.7. The molecule has 0 amide bonds. The Hall–Kier alpha value is -7.68. The van der Waals surface area contributed by atoms with Gasteiger partial charge < -0.3 is 19.3 Å². The molecule has 0 aromatic heterocycles. The monoisotopic (exact) mass is 830 g/mol. The summed E-state index contributed by atoms with van der Waals surface area (Å²) < 4.78 is 11.6. The van der Waals surface area contributed by atoms with Gasteiger partial charge in [-0.2, -0.15) is 10.5 Å². The molecule has 0 heterocycles. The van der Waals surface area contributed by atoms with Crippen LogP contribution in [0.25, 0.3) is 12.2 Å². The number of hydrogen-bond acceptors (Lipinski definition) is 8. The second-order valence-corrected chi connectivity index (χ2v) is 15.4. The summed E-state index contributed by atoms with van der Waals surface area (Å²) in [5.41, 5.74) is 8.22. The minimum absolute atomic E-state index is 0.0752. The number of nitriles is 2. The molecule has 0 N–H and O–H groups in total. The standard InChI is InChI=1S/C55H50N4O4/c1-5-58(6-2)46-26-18-39(19-27-46)34-42(37-56)53(60)62-48-30-22-44(23-31-48)55(36-51(41-14-10-9-11-15-41)50-16-12-13-17-52(50)55)45-24-32-49(33-25-45)63-54(61)43(38-57)35-40-20-28-47(29-21-40)59(7-3)8-4/h9-35,51H,5-8,36H2,1-4H3/b42-34+,43-35+. The number of carbonyl (C=O) groups excluding carboxylic acids is 2. The predicted octanol–water partition coefficient (Wildman–Crippen LogP) is 11.3. The fourth-order valence-electron chi connectivity index (χ4n) is 8.70. The molecule has 0 fully saturated rings. The van der Waals surface area contributed by atoms with Gasteiger partial charge in [0.2, 0.25) is 0 Å². The zero-order chi connectivity index (χ0) is 44.3. The Morgan fingerprint density at radius 2 is 0.984 bits per heavy atom. The number of anilines is 2. The van der Waals surface area contributed by atoms with Crippen LogP contribution in [0.15, 0.2) is 163 Å². The lowest BCUT2D eigenvalue weighted by atomic mass is 9.69. The Balaban J connectivity index is 1.17. The van der Waals surface area contributed by atoms with Crippen molar-refractivity contribution in [2.45, 2.75) is 45.4 Å². The molecule has 0 saturated heterocycles. The van der Waals surface area contributed by atoms with Gasteiger partial charge in [-0.15, -0.1) is 0 Å². The average molecular weight is 831 g/mol. The molecule has 1 aliphatic carbocycles. The van der Waals surface area contributed by atoms with E-state index in [9.17, 15) is 20.1 Å². The van der Waals surface area contributed by atoms with Gasteiger partial charge in [0, 0.05) is 48.9 Å². The lowest BCUT2D eigenvalue weighted by Crippen LogP contribution is -2.27. The van der Waals surface area contributed by atoms with Crippen molar-refractivity contribution in [3.8, 4) is 23.6 Å². The van der Waals surface area contributed by atoms with Crippen molar-refractivity contribution < 1.29 is 19.1 Å². The molecule has 1 unspecified atom stereocenters. The van der Waals surface area contributed by atoms with Gasteiger partial charge in [0.15, 0.2) is 0 Å². The van der Waals surface area contributed by atoms with Gasteiger partial charge in [-0.25, -0.2) is 9.59 Å². The first-order valence-electron chi connectivity index (χ1n) is 21.5. The molecule has 8 nitrogen and oxygen atoms in total. The van der Waals surface area contributed by atoms with E-state index in [1.54, 1.807) is 36.4 Å². The van der Waals surface area contributed by atoms with Crippen molar-refractivity contribution in [3.05, 3.63) is 202 Å². The molecule has 63 heavy (non-hydrogen) atoms. The first-order valence-corrected chi connectivity index (χ1v) is 21.5. The number of benzene rings is 6. The topological polar surface area (TPSA) is 107 Å². The average Bonchev–Trinajstić information content (AvgIpc) is 3.68. The summed E-state index contributed by atoms with van der Waals surface area (Å²) in [5.74, 6) is -0.782. The summed E-state index contributed by atoms with van der Waals surface area (Å²) in [7, 11) is 0. The highest BCUT2D eigenvalue weighted by Gasteiger charge is 2.46. The minimum atomic E-state index is -0.740. The van der Waals surface area contributed by atoms with Crippen LogP contribution in [0.3, 0.4) is 0 Å². The molecule has 6 aromatic carbocycles. The smallest absolute Gasteiger partial charge is 0.354 e. The summed E-state index contributed by atoms with van der Waals surface area (Å²) in [6.07, 6.45) is 3.79. The van der Waals surface area contributed by atoms with E-state index in [0.29, 0.717) is 17.9 Å². The Kier molecular flexibility index (Phi) is 13.6. The molecular formula is C55H50N4O4. The van der Waals surface area contributed by atoms with Crippen LogP contribution in [0.2, 0.25) is 0 Å². The maximum absolute atomic E-state index is 13.3. The second-order valence-electron chi connectivity index (χ2n) is 15.4. The summed E-state index contributed by atoms with van der Waals surface area (Å²) in [6, 6.07) is 53.4. The molecule has 0 aliphatic heterocycles. The van der Waals surface area contributed by atoms with Crippen molar-refractivity contribution in [3.63, 3.8) is 0 Å². The molecule has 0 saturated carbocycles. The number of hydrogen-bond donors (Lipinski definition) is 0. The lowest BCUT2D eigenvalue weighted by molar-refractivity contribution is -0.130. The van der Waals surface area contributed by atoms with Gasteiger partial charge in [0.1, 0.15) is 34.8 Å². The molecule has 314 valence electrons. The van der Waals surface area contributed by atoms with E-state index in [0.717, 1.165) is 65.4 Å². The largest absolute Gasteiger partial charge is 0.422 e. The van der Waals surface area contributed by atoms with Crippen LogP contribution in [0.1, 0.15) is 79.0 Å². The fourth-order valence-corrected chi connectivity index (χ4v) is 8.70. The van der Waals surface area contributed by atoms with Gasteiger partial charge in [0.05, 0.1) is 0 Å². The highest BCUT2D eigenvalue weighted by atomic mass is 16.5. The van der Waals surface area contributed by atoms with E-state index in [2.05, 4.69) is 80.0 Å². The van der Waals surface area contributed by atoms with Crippen molar-refractivity contribution in [1.82, 2.24) is 0 Å². The Morgan fingerprint density at radius 1 is 0.571 bits per heavy atom. The number of rotatable bonds is 15. The van der Waals surface area contributed by atoms with Crippen molar-refractivity contribution in [2.75, 3.05) is 36.0 Å². The third kappa shape index (κ3) is 9.32. The zero-order valence-corrected chi connectivity index (χ0v) is 36.1. The first kappa shape index (κ1) is 43.4. The van der Waals surface area contributed by atoms with Gasteiger partial charge in [-0.1, -0.05) is 103 Å². The van der Waals surface area contributed by atoms with Crippen LogP contribution in [-0.2, 0) is 15.0 Å².